The molecule has 1 fully saturated rings. The molecule has 1 N–H and O–H groups in total. The second-order valence-corrected chi connectivity index (χ2v) is 11.1. The summed E-state index contributed by atoms with van der Waals surface area (Å²) in [6, 6.07) is 11.6. The number of nitrogens with zero attached hydrogens (tertiary/aromatic N) is 4. The van der Waals surface area contributed by atoms with Crippen LogP contribution in [0.2, 0.25) is 0 Å². The maximum atomic E-state index is 13.3. The number of carbonyl (C=O) groups is 1. The van der Waals surface area contributed by atoms with Crippen molar-refractivity contribution in [1.82, 2.24) is 24.0 Å². The average Bonchev–Trinajstić information content (AvgIpc) is 3.13. The van der Waals surface area contributed by atoms with Crippen LogP contribution in [-0.4, -0.2) is 64.5 Å². The molecule has 10 heteroatoms. The Kier molecular flexibility index (Phi) is 6.75. The van der Waals surface area contributed by atoms with Gasteiger partial charge in [0.05, 0.1) is 4.90 Å². The van der Waals surface area contributed by atoms with Gasteiger partial charge in [-0.3, -0.25) is 14.5 Å². The van der Waals surface area contributed by atoms with Crippen LogP contribution in [0.15, 0.2) is 41.3 Å². The highest BCUT2D eigenvalue weighted by Crippen LogP contribution is 2.26. The lowest BCUT2D eigenvalue weighted by molar-refractivity contribution is -0.133. The van der Waals surface area contributed by atoms with Crippen molar-refractivity contribution in [2.75, 3.05) is 26.2 Å². The van der Waals surface area contributed by atoms with Gasteiger partial charge in [0.2, 0.25) is 15.9 Å². The summed E-state index contributed by atoms with van der Waals surface area (Å²) in [7, 11) is -3.63. The van der Waals surface area contributed by atoms with Crippen molar-refractivity contribution in [3.8, 4) is 11.4 Å². The highest BCUT2D eigenvalue weighted by Gasteiger charge is 2.32. The van der Waals surface area contributed by atoms with Gasteiger partial charge in [-0.15, -0.1) is 0 Å². The molecule has 0 unspecified atom stereocenters. The van der Waals surface area contributed by atoms with Gasteiger partial charge in [-0.2, -0.15) is 9.40 Å². The zero-order valence-electron chi connectivity index (χ0n) is 19.8. The third-order valence-electron chi connectivity index (χ3n) is 6.12. The first-order valence-corrected chi connectivity index (χ1v) is 13.0. The molecule has 3 aromatic rings. The Bertz CT molecular complexity index is 1380. The fourth-order valence-corrected chi connectivity index (χ4v) is 6.62. The lowest BCUT2D eigenvalue weighted by atomic mass is 10.1. The number of hydrogen-bond acceptors (Lipinski definition) is 5. The Morgan fingerprint density at radius 3 is 2.26 bits per heavy atom. The van der Waals surface area contributed by atoms with Crippen molar-refractivity contribution < 1.29 is 13.2 Å². The van der Waals surface area contributed by atoms with Crippen LogP contribution >= 0.6 is 12.2 Å². The summed E-state index contributed by atoms with van der Waals surface area (Å²) in [5, 5.41) is 7.09. The Hall–Kier alpha value is -2.82. The van der Waals surface area contributed by atoms with Gasteiger partial charge in [-0.05, 0) is 57.1 Å². The van der Waals surface area contributed by atoms with Crippen LogP contribution in [0.5, 0.6) is 0 Å². The maximum absolute atomic E-state index is 13.3. The highest BCUT2D eigenvalue weighted by atomic mass is 32.2. The molecule has 180 valence electrons. The lowest BCUT2D eigenvalue weighted by Gasteiger charge is -2.34. The predicted molar refractivity (Wildman–Crippen MR) is 134 cm³/mol. The summed E-state index contributed by atoms with van der Waals surface area (Å²) in [6.45, 7) is 8.80. The molecule has 0 atom stereocenters. The van der Waals surface area contributed by atoms with Crippen LogP contribution in [0, 0.1) is 32.5 Å². The number of nitrogens with one attached hydrogen (secondary N) is 1. The third kappa shape index (κ3) is 4.70. The fraction of sp³-hybridized carbons (Fsp3) is 0.375. The SMILES string of the molecule is Cc1cccc(-c2n[nH]c(=S)n2CC(=O)N2CCN(S(=O)(=O)c3c(C)cc(C)cc3C)CC2)c1. The van der Waals surface area contributed by atoms with Crippen molar-refractivity contribution in [1.29, 1.82) is 0 Å². The van der Waals surface area contributed by atoms with E-state index < -0.39 is 10.0 Å². The van der Waals surface area contributed by atoms with E-state index in [4.69, 9.17) is 12.2 Å². The highest BCUT2D eigenvalue weighted by molar-refractivity contribution is 7.89. The summed E-state index contributed by atoms with van der Waals surface area (Å²) in [5.41, 5.74) is 4.48. The number of aryl methyl sites for hydroxylation is 4. The van der Waals surface area contributed by atoms with E-state index in [0.717, 1.165) is 27.8 Å². The number of H-pyrrole nitrogens is 1. The molecule has 1 amide bonds. The second-order valence-electron chi connectivity index (χ2n) is 8.82. The molecule has 2 heterocycles. The van der Waals surface area contributed by atoms with Crippen molar-refractivity contribution in [2.24, 2.45) is 0 Å². The number of benzene rings is 2. The molecule has 2 aromatic carbocycles. The van der Waals surface area contributed by atoms with E-state index in [1.807, 2.05) is 64.1 Å². The van der Waals surface area contributed by atoms with Gasteiger partial charge in [-0.25, -0.2) is 8.42 Å². The minimum absolute atomic E-state index is 0.0432. The number of rotatable bonds is 5. The molecular weight excluding hydrogens is 470 g/mol. The summed E-state index contributed by atoms with van der Waals surface area (Å²) in [4.78, 5) is 15.1. The lowest BCUT2D eigenvalue weighted by Crippen LogP contribution is -2.51. The van der Waals surface area contributed by atoms with E-state index >= 15 is 0 Å². The Balaban J connectivity index is 1.47. The van der Waals surface area contributed by atoms with Gasteiger partial charge in [0.25, 0.3) is 0 Å². The Morgan fingerprint density at radius 2 is 1.65 bits per heavy atom. The number of aromatic amines is 1. The van der Waals surface area contributed by atoms with Crippen molar-refractivity contribution in [3.63, 3.8) is 0 Å². The normalized spacial score (nSPS) is 15.0. The first-order chi connectivity index (χ1) is 16.1. The maximum Gasteiger partial charge on any atom is 0.243 e. The average molecular weight is 500 g/mol. The topological polar surface area (TPSA) is 91.3 Å². The fourth-order valence-electron chi connectivity index (χ4n) is 4.58. The summed E-state index contributed by atoms with van der Waals surface area (Å²) < 4.78 is 30.2. The number of carbonyl (C=O) groups excluding carboxylic acids is 1. The monoisotopic (exact) mass is 499 g/mol. The molecule has 0 aliphatic carbocycles. The zero-order valence-corrected chi connectivity index (χ0v) is 21.5. The first kappa shape index (κ1) is 24.3. The van der Waals surface area contributed by atoms with E-state index in [-0.39, 0.29) is 25.5 Å². The van der Waals surface area contributed by atoms with Crippen molar-refractivity contribution >= 4 is 28.1 Å². The minimum Gasteiger partial charge on any atom is -0.338 e. The number of piperazine rings is 1. The van der Waals surface area contributed by atoms with E-state index in [9.17, 15) is 13.2 Å². The molecule has 1 saturated heterocycles. The zero-order chi connectivity index (χ0) is 24.6. The summed E-state index contributed by atoms with van der Waals surface area (Å²) in [5.74, 6) is 0.486. The van der Waals surface area contributed by atoms with Crippen LogP contribution in [-0.2, 0) is 21.4 Å². The summed E-state index contributed by atoms with van der Waals surface area (Å²) in [6.07, 6.45) is 0. The van der Waals surface area contributed by atoms with Crippen LogP contribution < -0.4 is 0 Å². The minimum atomic E-state index is -3.63. The van der Waals surface area contributed by atoms with E-state index in [0.29, 0.717) is 28.6 Å². The van der Waals surface area contributed by atoms with Gasteiger partial charge in [0.15, 0.2) is 10.6 Å². The van der Waals surface area contributed by atoms with Crippen LogP contribution in [0.4, 0.5) is 0 Å². The van der Waals surface area contributed by atoms with E-state index in [2.05, 4.69) is 10.2 Å². The quantitative estimate of drug-likeness (QED) is 0.544. The molecule has 0 spiro atoms. The number of hydrogen-bond donors (Lipinski definition) is 1. The van der Waals surface area contributed by atoms with Gasteiger partial charge >= 0.3 is 0 Å². The van der Waals surface area contributed by atoms with Crippen LogP contribution in [0.25, 0.3) is 11.4 Å². The number of sulfonamides is 1. The van der Waals surface area contributed by atoms with Gasteiger partial charge < -0.3 is 4.90 Å². The van der Waals surface area contributed by atoms with Crippen LogP contribution in [0.3, 0.4) is 0 Å². The van der Waals surface area contributed by atoms with Gasteiger partial charge in [0.1, 0.15) is 6.54 Å². The molecule has 0 radical (unpaired) electrons. The van der Waals surface area contributed by atoms with Crippen molar-refractivity contribution in [3.05, 3.63) is 63.4 Å². The number of aromatic nitrogens is 3. The summed E-state index contributed by atoms with van der Waals surface area (Å²) >= 11 is 5.37. The third-order valence-corrected chi connectivity index (χ3v) is 8.64. The number of amides is 1. The first-order valence-electron chi connectivity index (χ1n) is 11.2. The molecule has 8 nitrogen and oxygen atoms in total. The molecule has 0 saturated carbocycles. The second kappa shape index (κ2) is 9.44. The standard InChI is InChI=1S/C24H29N5O3S2/c1-16-6-5-7-20(14-16)23-25-26-24(33)29(23)15-21(30)27-8-10-28(11-9-27)34(31,32)22-18(3)12-17(2)13-19(22)4/h5-7,12-14H,8-11,15H2,1-4H3,(H,26,33). The molecule has 1 aliphatic heterocycles. The molecular formula is C24H29N5O3S2. The molecule has 34 heavy (non-hydrogen) atoms. The smallest absolute Gasteiger partial charge is 0.243 e. The molecule has 0 bridgehead atoms. The molecule has 1 aliphatic rings. The van der Waals surface area contributed by atoms with Crippen molar-refractivity contribution in [2.45, 2.75) is 39.1 Å². The largest absolute Gasteiger partial charge is 0.338 e. The van der Waals surface area contributed by atoms with E-state index in [1.54, 1.807) is 9.47 Å². The van der Waals surface area contributed by atoms with E-state index in [1.165, 1.54) is 4.31 Å². The van der Waals surface area contributed by atoms with Crippen LogP contribution in [0.1, 0.15) is 22.3 Å². The molecule has 1 aromatic heterocycles. The van der Waals surface area contributed by atoms with Gasteiger partial charge in [-0.1, -0.05) is 41.5 Å². The van der Waals surface area contributed by atoms with Gasteiger partial charge in [0, 0.05) is 31.7 Å². The Morgan fingerprint density at radius 1 is 1.00 bits per heavy atom. The predicted octanol–water partition coefficient (Wildman–Crippen LogP) is 3.37. The Labute approximate surface area is 205 Å². The molecule has 4 rings (SSSR count).